The van der Waals surface area contributed by atoms with E-state index in [1.165, 1.54) is 18.7 Å². The molecule has 0 aliphatic carbocycles. The molecule has 2 N–H and O–H groups in total. The predicted molar refractivity (Wildman–Crippen MR) is 82.0 cm³/mol. The zero-order chi connectivity index (χ0) is 15.5. The molecule has 1 rings (SSSR count). The number of carbonyl (C=O) groups is 2. The van der Waals surface area contributed by atoms with Crippen LogP contribution in [0.4, 0.5) is 10.5 Å². The number of nitrogens with one attached hydrogen (secondary N) is 1. The lowest BCUT2D eigenvalue weighted by Gasteiger charge is -2.34. The highest BCUT2D eigenvalue weighted by atomic mass is 79.9. The van der Waals surface area contributed by atoms with E-state index in [0.29, 0.717) is 12.2 Å². The zero-order valence-corrected chi connectivity index (χ0v) is 13.6. The van der Waals surface area contributed by atoms with Crippen LogP contribution in [-0.2, 0) is 4.79 Å². The number of hydrogen-bond donors (Lipinski definition) is 2. The predicted octanol–water partition coefficient (Wildman–Crippen LogP) is 3.47. The maximum absolute atomic E-state index is 12.3. The van der Waals surface area contributed by atoms with Gasteiger partial charge in [0.05, 0.1) is 0 Å². The van der Waals surface area contributed by atoms with Crippen LogP contribution in [0.15, 0.2) is 22.7 Å². The van der Waals surface area contributed by atoms with Crippen LogP contribution in [0, 0.1) is 6.92 Å². The fourth-order valence-electron chi connectivity index (χ4n) is 1.82. The highest BCUT2D eigenvalue weighted by Crippen LogP contribution is 2.22. The average molecular weight is 343 g/mol. The molecule has 0 heterocycles. The molecule has 0 bridgehead atoms. The van der Waals surface area contributed by atoms with E-state index in [9.17, 15) is 14.7 Å². The standard InChI is InChI=1S/C14H19BrN2O3/c1-5-17(14(3,4)12(18)19)13(20)16-11-8-10(15)7-6-9(11)2/h6-8H,5H2,1-4H3,(H,16,20)(H,18,19). The molecule has 0 aliphatic heterocycles. The lowest BCUT2D eigenvalue weighted by Crippen LogP contribution is -2.54. The van der Waals surface area contributed by atoms with Gasteiger partial charge in [0.15, 0.2) is 0 Å². The summed E-state index contributed by atoms with van der Waals surface area (Å²) in [5.41, 5.74) is 0.299. The molecule has 6 heteroatoms. The number of benzene rings is 1. The molecule has 0 saturated carbocycles. The number of carboxylic acid groups (broad SMARTS) is 1. The van der Waals surface area contributed by atoms with E-state index in [-0.39, 0.29) is 0 Å². The number of rotatable bonds is 4. The Hall–Kier alpha value is -1.56. The fraction of sp³-hybridized carbons (Fsp3) is 0.429. The molecule has 0 atom stereocenters. The highest BCUT2D eigenvalue weighted by molar-refractivity contribution is 9.10. The Kier molecular flexibility index (Phi) is 5.16. The number of amides is 2. The fourth-order valence-corrected chi connectivity index (χ4v) is 2.18. The number of hydrogen-bond acceptors (Lipinski definition) is 2. The van der Waals surface area contributed by atoms with Crippen LogP contribution in [0.25, 0.3) is 0 Å². The number of aryl methyl sites for hydroxylation is 1. The van der Waals surface area contributed by atoms with Gasteiger partial charge in [0.2, 0.25) is 0 Å². The van der Waals surface area contributed by atoms with Crippen molar-refractivity contribution in [3.63, 3.8) is 0 Å². The number of carbonyl (C=O) groups excluding carboxylic acids is 1. The Bertz CT molecular complexity index is 529. The molecular weight excluding hydrogens is 324 g/mol. The van der Waals surface area contributed by atoms with Gasteiger partial charge in [0.25, 0.3) is 0 Å². The molecular formula is C14H19BrN2O3. The van der Waals surface area contributed by atoms with Crippen molar-refractivity contribution in [3.8, 4) is 0 Å². The summed E-state index contributed by atoms with van der Waals surface area (Å²) in [7, 11) is 0. The van der Waals surface area contributed by atoms with Gasteiger partial charge < -0.3 is 15.3 Å². The van der Waals surface area contributed by atoms with Crippen molar-refractivity contribution in [2.45, 2.75) is 33.2 Å². The molecule has 0 radical (unpaired) electrons. The van der Waals surface area contributed by atoms with Gasteiger partial charge in [-0.05, 0) is 45.4 Å². The maximum atomic E-state index is 12.3. The first-order valence-corrected chi connectivity index (χ1v) is 7.07. The molecule has 1 aromatic carbocycles. The van der Waals surface area contributed by atoms with Crippen molar-refractivity contribution in [2.24, 2.45) is 0 Å². The number of aliphatic carboxylic acids is 1. The monoisotopic (exact) mass is 342 g/mol. The number of anilines is 1. The molecule has 0 unspecified atom stereocenters. The first-order chi connectivity index (χ1) is 9.20. The van der Waals surface area contributed by atoms with E-state index < -0.39 is 17.5 Å². The number of halogens is 1. The second kappa shape index (κ2) is 6.26. The zero-order valence-electron chi connectivity index (χ0n) is 12.0. The topological polar surface area (TPSA) is 69.6 Å². The third-order valence-corrected chi connectivity index (χ3v) is 3.69. The third-order valence-electron chi connectivity index (χ3n) is 3.20. The van der Waals surface area contributed by atoms with Crippen molar-refractivity contribution >= 4 is 33.6 Å². The summed E-state index contributed by atoms with van der Waals surface area (Å²) in [4.78, 5) is 24.9. The summed E-state index contributed by atoms with van der Waals surface area (Å²) in [5.74, 6) is -1.04. The molecule has 5 nitrogen and oxygen atoms in total. The van der Waals surface area contributed by atoms with Crippen LogP contribution in [-0.4, -0.2) is 34.1 Å². The number of nitrogens with zero attached hydrogens (tertiary/aromatic N) is 1. The van der Waals surface area contributed by atoms with Gasteiger partial charge in [-0.25, -0.2) is 9.59 Å². The quantitative estimate of drug-likeness (QED) is 0.879. The van der Waals surface area contributed by atoms with Crippen molar-refractivity contribution in [2.75, 3.05) is 11.9 Å². The van der Waals surface area contributed by atoms with Gasteiger partial charge in [-0.2, -0.15) is 0 Å². The minimum absolute atomic E-state index is 0.304. The van der Waals surface area contributed by atoms with Crippen molar-refractivity contribution in [1.29, 1.82) is 0 Å². The van der Waals surface area contributed by atoms with Crippen LogP contribution < -0.4 is 5.32 Å². The molecule has 2 amide bonds. The molecule has 0 saturated heterocycles. The minimum atomic E-state index is -1.27. The average Bonchev–Trinajstić information content (AvgIpc) is 2.34. The normalized spacial score (nSPS) is 11.1. The molecule has 0 spiro atoms. The molecule has 0 aromatic heterocycles. The third kappa shape index (κ3) is 3.50. The molecule has 0 aliphatic rings. The largest absolute Gasteiger partial charge is 0.480 e. The van der Waals surface area contributed by atoms with Gasteiger partial charge in [-0.1, -0.05) is 22.0 Å². The number of urea groups is 1. The van der Waals surface area contributed by atoms with E-state index in [0.717, 1.165) is 10.0 Å². The van der Waals surface area contributed by atoms with Gasteiger partial charge >= 0.3 is 12.0 Å². The van der Waals surface area contributed by atoms with Gasteiger partial charge in [-0.3, -0.25) is 0 Å². The summed E-state index contributed by atoms with van der Waals surface area (Å²) in [6.45, 7) is 6.94. The summed E-state index contributed by atoms with van der Waals surface area (Å²) in [6, 6.07) is 5.11. The smallest absolute Gasteiger partial charge is 0.329 e. The van der Waals surface area contributed by atoms with Gasteiger partial charge in [-0.15, -0.1) is 0 Å². The Labute approximate surface area is 127 Å². The molecule has 20 heavy (non-hydrogen) atoms. The summed E-state index contributed by atoms with van der Waals surface area (Å²) < 4.78 is 0.846. The van der Waals surface area contributed by atoms with Crippen LogP contribution in [0.3, 0.4) is 0 Å². The molecule has 110 valence electrons. The number of likely N-dealkylation sites (N-methyl/N-ethyl adjacent to an activating group) is 1. The van der Waals surface area contributed by atoms with E-state index in [1.54, 1.807) is 13.0 Å². The summed E-state index contributed by atoms with van der Waals surface area (Å²) in [5, 5.41) is 12.0. The van der Waals surface area contributed by atoms with E-state index in [4.69, 9.17) is 0 Å². The van der Waals surface area contributed by atoms with Crippen molar-refractivity contribution < 1.29 is 14.7 Å². The van der Waals surface area contributed by atoms with Crippen LogP contribution in [0.5, 0.6) is 0 Å². The lowest BCUT2D eigenvalue weighted by molar-refractivity contribution is -0.147. The minimum Gasteiger partial charge on any atom is -0.480 e. The first kappa shape index (κ1) is 16.5. The number of carboxylic acids is 1. The first-order valence-electron chi connectivity index (χ1n) is 6.28. The van der Waals surface area contributed by atoms with Crippen LogP contribution in [0.2, 0.25) is 0 Å². The Morgan fingerprint density at radius 3 is 2.50 bits per heavy atom. The summed E-state index contributed by atoms with van der Waals surface area (Å²) in [6.07, 6.45) is 0. The summed E-state index contributed by atoms with van der Waals surface area (Å²) >= 11 is 3.34. The SMILES string of the molecule is CCN(C(=O)Nc1cc(Br)ccc1C)C(C)(C)C(=O)O. The molecule has 1 aromatic rings. The highest BCUT2D eigenvalue weighted by Gasteiger charge is 2.37. The van der Waals surface area contributed by atoms with Crippen molar-refractivity contribution in [3.05, 3.63) is 28.2 Å². The second-order valence-corrected chi connectivity index (χ2v) is 5.91. The Balaban J connectivity index is 2.99. The maximum Gasteiger partial charge on any atom is 0.329 e. The van der Waals surface area contributed by atoms with Crippen LogP contribution in [0.1, 0.15) is 26.3 Å². The van der Waals surface area contributed by atoms with E-state index in [1.807, 2.05) is 19.1 Å². The molecule has 0 fully saturated rings. The van der Waals surface area contributed by atoms with Crippen molar-refractivity contribution in [1.82, 2.24) is 4.90 Å². The van der Waals surface area contributed by atoms with E-state index in [2.05, 4.69) is 21.2 Å². The second-order valence-electron chi connectivity index (χ2n) is 5.00. The Morgan fingerprint density at radius 1 is 1.40 bits per heavy atom. The Morgan fingerprint density at radius 2 is 2.00 bits per heavy atom. The van der Waals surface area contributed by atoms with Gasteiger partial charge in [0.1, 0.15) is 5.54 Å². The van der Waals surface area contributed by atoms with E-state index >= 15 is 0 Å². The van der Waals surface area contributed by atoms with Gasteiger partial charge in [0, 0.05) is 16.7 Å². The lowest BCUT2D eigenvalue weighted by atomic mass is 10.0. The van der Waals surface area contributed by atoms with Crippen LogP contribution >= 0.6 is 15.9 Å².